The highest BCUT2D eigenvalue weighted by atomic mass is 16.6. The van der Waals surface area contributed by atoms with E-state index in [0.717, 1.165) is 16.9 Å². The Morgan fingerprint density at radius 1 is 0.902 bits per heavy atom. The smallest absolute Gasteiger partial charge is 0.410 e. The van der Waals surface area contributed by atoms with Gasteiger partial charge in [0, 0.05) is 50.4 Å². The van der Waals surface area contributed by atoms with Crippen LogP contribution in [-0.4, -0.2) is 89.7 Å². The average Bonchev–Trinajstić information content (AvgIpc) is 3.71. The summed E-state index contributed by atoms with van der Waals surface area (Å²) in [6.45, 7) is 9.79. The van der Waals surface area contributed by atoms with Gasteiger partial charge >= 0.3 is 12.1 Å². The van der Waals surface area contributed by atoms with E-state index in [2.05, 4.69) is 35.1 Å². The Hall–Kier alpha value is -4.95. The van der Waals surface area contributed by atoms with E-state index in [1.807, 2.05) is 0 Å². The first-order valence-corrected chi connectivity index (χ1v) is 17.7. The summed E-state index contributed by atoms with van der Waals surface area (Å²) in [6.07, 6.45) is 5.39. The van der Waals surface area contributed by atoms with Crippen molar-refractivity contribution >= 4 is 47.3 Å². The molecule has 280 valence electrons. The van der Waals surface area contributed by atoms with Crippen molar-refractivity contribution in [3.8, 4) is 0 Å². The van der Waals surface area contributed by atoms with Crippen molar-refractivity contribution in [1.82, 2.24) is 25.8 Å². The molecule has 0 bridgehead atoms. The molecule has 0 spiro atoms. The second kappa shape index (κ2) is 20.0. The fourth-order valence-corrected chi connectivity index (χ4v) is 5.86. The van der Waals surface area contributed by atoms with Crippen molar-refractivity contribution in [2.75, 3.05) is 31.5 Å². The number of nitrogens with one attached hydrogen (secondary N) is 4. The number of unbranched alkanes of at least 4 members (excludes halogenated alkanes) is 2. The molecule has 2 aliphatic rings. The maximum absolute atomic E-state index is 13.4. The number of ether oxygens (including phenoxy) is 1. The van der Waals surface area contributed by atoms with Gasteiger partial charge in [0.25, 0.3) is 11.8 Å². The normalized spacial score (nSPS) is 16.7. The molecule has 1 aromatic rings. The zero-order valence-corrected chi connectivity index (χ0v) is 30.1. The van der Waals surface area contributed by atoms with Crippen LogP contribution in [0.15, 0.2) is 36.4 Å². The standard InChI is InChI=1S/C36H53N7O8/c1-23(2)26-17-20-42(21-26)36(50)51-22-25-11-13-27(14-12-25)39-33(47)28(9-8-18-38-35(37)49)40-34(48)32(24(3)4)41-29(44)10-6-5-7-19-43-30(45)15-16-31(43)46/h11-16,23-24,26,28,32H,5-10,17-22H2,1-4H3,(H,39,47)(H,40,48)(H,41,44)(H3,37,38,49)/t26?,28-,32-/m0/s1. The molecular weight excluding hydrogens is 658 g/mol. The number of hydrogen-bond acceptors (Lipinski definition) is 8. The molecule has 2 aliphatic heterocycles. The van der Waals surface area contributed by atoms with E-state index < -0.39 is 29.9 Å². The summed E-state index contributed by atoms with van der Waals surface area (Å²) in [6, 6.07) is 4.21. The monoisotopic (exact) mass is 711 g/mol. The lowest BCUT2D eigenvalue weighted by Gasteiger charge is -2.25. The number of nitrogens with zero attached hydrogens (tertiary/aromatic N) is 2. The predicted octanol–water partition coefficient (Wildman–Crippen LogP) is 2.80. The van der Waals surface area contributed by atoms with E-state index in [9.17, 15) is 33.6 Å². The molecule has 1 unspecified atom stereocenters. The van der Waals surface area contributed by atoms with E-state index in [-0.39, 0.29) is 62.3 Å². The molecule has 8 amide bonds. The fourth-order valence-electron chi connectivity index (χ4n) is 5.86. The Morgan fingerprint density at radius 3 is 2.20 bits per heavy atom. The number of carbonyl (C=O) groups excluding carboxylic acids is 7. The third kappa shape index (κ3) is 13.4. The number of hydrogen-bond donors (Lipinski definition) is 5. The molecule has 6 N–H and O–H groups in total. The molecule has 2 heterocycles. The third-order valence-electron chi connectivity index (χ3n) is 9.06. The minimum atomic E-state index is -0.994. The van der Waals surface area contributed by atoms with Gasteiger partial charge in [0.15, 0.2) is 0 Å². The Kier molecular flexibility index (Phi) is 15.9. The summed E-state index contributed by atoms with van der Waals surface area (Å²) in [4.78, 5) is 89.5. The number of primary amides is 1. The molecule has 51 heavy (non-hydrogen) atoms. The number of nitrogens with two attached hydrogens (primary N) is 1. The van der Waals surface area contributed by atoms with Crippen molar-refractivity contribution < 1.29 is 38.3 Å². The first kappa shape index (κ1) is 40.5. The lowest BCUT2D eigenvalue weighted by atomic mass is 9.95. The van der Waals surface area contributed by atoms with Gasteiger partial charge in [-0.25, -0.2) is 9.59 Å². The largest absolute Gasteiger partial charge is 0.445 e. The SMILES string of the molecule is CC(C)C1CCN(C(=O)OCc2ccc(NC(=O)[C@H](CCCNC(N)=O)NC(=O)[C@@H](NC(=O)CCCCCN3C(=O)C=CC3=O)C(C)C)cc2)C1. The number of rotatable bonds is 19. The number of likely N-dealkylation sites (tertiary alicyclic amines) is 1. The third-order valence-corrected chi connectivity index (χ3v) is 9.06. The molecule has 1 aromatic carbocycles. The second-order valence-electron chi connectivity index (χ2n) is 13.7. The number of anilines is 1. The molecule has 15 heteroatoms. The first-order valence-electron chi connectivity index (χ1n) is 17.7. The highest BCUT2D eigenvalue weighted by molar-refractivity contribution is 6.12. The molecular formula is C36H53N7O8. The van der Waals surface area contributed by atoms with E-state index >= 15 is 0 Å². The molecule has 0 radical (unpaired) electrons. The van der Waals surface area contributed by atoms with Crippen LogP contribution in [0.5, 0.6) is 0 Å². The molecule has 0 aliphatic carbocycles. The summed E-state index contributed by atoms with van der Waals surface area (Å²) < 4.78 is 5.50. The summed E-state index contributed by atoms with van der Waals surface area (Å²) >= 11 is 0. The second-order valence-corrected chi connectivity index (χ2v) is 13.7. The van der Waals surface area contributed by atoms with Crippen LogP contribution in [0.1, 0.15) is 78.2 Å². The zero-order valence-electron chi connectivity index (χ0n) is 30.1. The van der Waals surface area contributed by atoms with Crippen molar-refractivity contribution in [3.63, 3.8) is 0 Å². The van der Waals surface area contributed by atoms with E-state index in [1.165, 1.54) is 12.2 Å². The molecule has 15 nitrogen and oxygen atoms in total. The highest BCUT2D eigenvalue weighted by Gasteiger charge is 2.30. The molecule has 1 fully saturated rings. The van der Waals surface area contributed by atoms with Crippen LogP contribution < -0.4 is 27.0 Å². The molecule has 1 saturated heterocycles. The van der Waals surface area contributed by atoms with E-state index in [1.54, 1.807) is 43.0 Å². The molecule has 3 atom stereocenters. The quantitative estimate of drug-likeness (QED) is 0.106. The van der Waals surface area contributed by atoms with Gasteiger partial charge in [0.05, 0.1) is 0 Å². The first-order chi connectivity index (χ1) is 24.2. The molecule has 0 aromatic heterocycles. The van der Waals surface area contributed by atoms with Crippen LogP contribution in [0.25, 0.3) is 0 Å². The van der Waals surface area contributed by atoms with Crippen LogP contribution in [-0.2, 0) is 35.3 Å². The van der Waals surface area contributed by atoms with Gasteiger partial charge in [-0.3, -0.25) is 28.9 Å². The Labute approximate surface area is 299 Å². The van der Waals surface area contributed by atoms with Crippen LogP contribution in [0.3, 0.4) is 0 Å². The van der Waals surface area contributed by atoms with Gasteiger partial charge in [0.1, 0.15) is 18.7 Å². The van der Waals surface area contributed by atoms with Gasteiger partial charge in [-0.05, 0) is 67.6 Å². The Balaban J connectivity index is 1.51. The van der Waals surface area contributed by atoms with Gasteiger partial charge in [-0.2, -0.15) is 0 Å². The number of urea groups is 1. The molecule has 0 saturated carbocycles. The highest BCUT2D eigenvalue weighted by Crippen LogP contribution is 2.24. The van der Waals surface area contributed by atoms with Gasteiger partial charge in [-0.15, -0.1) is 0 Å². The van der Waals surface area contributed by atoms with Gasteiger partial charge in [-0.1, -0.05) is 46.2 Å². The Morgan fingerprint density at radius 2 is 1.59 bits per heavy atom. The van der Waals surface area contributed by atoms with Crippen molar-refractivity contribution in [2.24, 2.45) is 23.5 Å². The minimum absolute atomic E-state index is 0.0854. The Bertz CT molecular complexity index is 1410. The van der Waals surface area contributed by atoms with Crippen LogP contribution in [0.4, 0.5) is 15.3 Å². The number of amides is 8. The van der Waals surface area contributed by atoms with Gasteiger partial charge in [0.2, 0.25) is 17.7 Å². The van der Waals surface area contributed by atoms with E-state index in [4.69, 9.17) is 10.5 Å². The van der Waals surface area contributed by atoms with E-state index in [0.29, 0.717) is 56.3 Å². The maximum Gasteiger partial charge on any atom is 0.410 e. The summed E-state index contributed by atoms with van der Waals surface area (Å²) in [5.41, 5.74) is 6.37. The molecule has 3 rings (SSSR count). The zero-order chi connectivity index (χ0) is 37.5. The van der Waals surface area contributed by atoms with Crippen molar-refractivity contribution in [1.29, 1.82) is 0 Å². The number of carbonyl (C=O) groups is 7. The minimum Gasteiger partial charge on any atom is -0.445 e. The van der Waals surface area contributed by atoms with Crippen molar-refractivity contribution in [3.05, 3.63) is 42.0 Å². The van der Waals surface area contributed by atoms with Crippen molar-refractivity contribution in [2.45, 2.75) is 91.3 Å². The number of benzene rings is 1. The fraction of sp³-hybridized carbons (Fsp3) is 0.583. The van der Waals surface area contributed by atoms with Crippen LogP contribution in [0, 0.1) is 17.8 Å². The lowest BCUT2D eigenvalue weighted by Crippen LogP contribution is -2.54. The maximum atomic E-state index is 13.4. The average molecular weight is 712 g/mol. The lowest BCUT2D eigenvalue weighted by molar-refractivity contribution is -0.137. The topological polar surface area (TPSA) is 209 Å². The summed E-state index contributed by atoms with van der Waals surface area (Å²) in [5.74, 6) is -1.37. The van der Waals surface area contributed by atoms with Crippen LogP contribution >= 0.6 is 0 Å². The summed E-state index contributed by atoms with van der Waals surface area (Å²) in [5, 5.41) is 10.8. The van der Waals surface area contributed by atoms with Gasteiger partial charge < -0.3 is 36.6 Å². The number of imide groups is 1. The van der Waals surface area contributed by atoms with Crippen LogP contribution in [0.2, 0.25) is 0 Å². The summed E-state index contributed by atoms with van der Waals surface area (Å²) in [7, 11) is 0. The predicted molar refractivity (Wildman–Crippen MR) is 190 cm³/mol.